The van der Waals surface area contributed by atoms with Gasteiger partial charge < -0.3 is 4.74 Å². The quantitative estimate of drug-likeness (QED) is 0.733. The molecule has 1 saturated carbocycles. The van der Waals surface area contributed by atoms with Crippen molar-refractivity contribution in [3.63, 3.8) is 0 Å². The van der Waals surface area contributed by atoms with Crippen molar-refractivity contribution in [2.75, 3.05) is 5.32 Å². The number of amides is 1. The maximum Gasteiger partial charge on any atom is 0.257 e. The molecule has 4 rings (SSSR count). The molecule has 0 aliphatic heterocycles. The van der Waals surface area contributed by atoms with Crippen LogP contribution in [0.5, 0.6) is 5.75 Å². The van der Waals surface area contributed by atoms with Crippen LogP contribution >= 0.6 is 11.3 Å². The normalized spacial score (nSPS) is 13.4. The Labute approximate surface area is 148 Å². The Balaban J connectivity index is 1.34. The summed E-state index contributed by atoms with van der Waals surface area (Å²) >= 11 is 1.45. The maximum absolute atomic E-state index is 12.3. The van der Waals surface area contributed by atoms with Gasteiger partial charge in [0.25, 0.3) is 5.91 Å². The highest BCUT2D eigenvalue weighted by molar-refractivity contribution is 7.15. The molecule has 0 radical (unpaired) electrons. The van der Waals surface area contributed by atoms with Crippen LogP contribution in [0.15, 0.2) is 48.8 Å². The molecule has 25 heavy (non-hydrogen) atoms. The lowest BCUT2D eigenvalue weighted by Gasteiger charge is -2.07. The second kappa shape index (κ2) is 6.98. The molecule has 6 nitrogen and oxygen atoms in total. The van der Waals surface area contributed by atoms with Crippen molar-refractivity contribution < 1.29 is 9.53 Å². The molecule has 1 aromatic carbocycles. The summed E-state index contributed by atoms with van der Waals surface area (Å²) in [7, 11) is 0. The van der Waals surface area contributed by atoms with E-state index in [2.05, 4.69) is 20.5 Å². The first-order valence-corrected chi connectivity index (χ1v) is 8.86. The van der Waals surface area contributed by atoms with Gasteiger partial charge in [0.2, 0.25) is 5.13 Å². The van der Waals surface area contributed by atoms with Gasteiger partial charge in [-0.2, -0.15) is 0 Å². The van der Waals surface area contributed by atoms with Crippen LogP contribution in [0, 0.1) is 0 Å². The number of rotatable bonds is 6. The predicted molar refractivity (Wildman–Crippen MR) is 94.8 cm³/mol. The summed E-state index contributed by atoms with van der Waals surface area (Å²) in [5.41, 5.74) is 1.60. The standard InChI is InChI=1S/C18H16N4O2S/c23-16(20-18-22-21-17(25-18)14-1-2-14)13-3-5-15(6-4-13)24-11-12-7-9-19-10-8-12/h3-10,14H,1-2,11H2,(H,20,22,23). The van der Waals surface area contributed by atoms with Gasteiger partial charge in [0.15, 0.2) is 0 Å². The van der Waals surface area contributed by atoms with Crippen LogP contribution in [0.4, 0.5) is 5.13 Å². The van der Waals surface area contributed by atoms with E-state index in [-0.39, 0.29) is 5.91 Å². The van der Waals surface area contributed by atoms with Gasteiger partial charge in [0.05, 0.1) is 0 Å². The molecule has 1 aliphatic carbocycles. The Morgan fingerprint density at radius 3 is 2.60 bits per heavy atom. The zero-order valence-electron chi connectivity index (χ0n) is 13.4. The smallest absolute Gasteiger partial charge is 0.257 e. The number of carbonyl (C=O) groups excluding carboxylic acids is 1. The summed E-state index contributed by atoms with van der Waals surface area (Å²) in [6, 6.07) is 10.8. The van der Waals surface area contributed by atoms with Crippen LogP contribution in [0.3, 0.4) is 0 Å². The predicted octanol–water partition coefficient (Wildman–Crippen LogP) is 3.64. The van der Waals surface area contributed by atoms with Crippen molar-refractivity contribution in [2.24, 2.45) is 0 Å². The average molecular weight is 352 g/mol. The number of benzene rings is 1. The summed E-state index contributed by atoms with van der Waals surface area (Å²) in [4.78, 5) is 16.3. The van der Waals surface area contributed by atoms with Gasteiger partial charge in [-0.3, -0.25) is 15.1 Å². The average Bonchev–Trinajstić information content (AvgIpc) is 3.41. The molecule has 0 bridgehead atoms. The molecule has 0 unspecified atom stereocenters. The lowest BCUT2D eigenvalue weighted by molar-refractivity contribution is 0.102. The highest BCUT2D eigenvalue weighted by atomic mass is 32.1. The molecule has 0 atom stereocenters. The molecular formula is C18H16N4O2S. The first-order valence-electron chi connectivity index (χ1n) is 8.04. The van der Waals surface area contributed by atoms with E-state index in [1.165, 1.54) is 24.2 Å². The molecule has 7 heteroatoms. The summed E-state index contributed by atoms with van der Waals surface area (Å²) in [5, 5.41) is 12.5. The van der Waals surface area contributed by atoms with Crippen LogP contribution in [-0.2, 0) is 6.61 Å². The van der Waals surface area contributed by atoms with Crippen molar-refractivity contribution in [3.8, 4) is 5.75 Å². The zero-order valence-corrected chi connectivity index (χ0v) is 14.2. The van der Waals surface area contributed by atoms with Gasteiger partial charge in [0.1, 0.15) is 17.4 Å². The number of anilines is 1. The van der Waals surface area contributed by atoms with Gasteiger partial charge in [-0.1, -0.05) is 11.3 Å². The van der Waals surface area contributed by atoms with Gasteiger partial charge in [0, 0.05) is 23.9 Å². The van der Waals surface area contributed by atoms with Crippen molar-refractivity contribution >= 4 is 22.4 Å². The molecular weight excluding hydrogens is 336 g/mol. The number of nitrogens with one attached hydrogen (secondary N) is 1. The van der Waals surface area contributed by atoms with E-state index in [4.69, 9.17) is 4.74 Å². The third kappa shape index (κ3) is 4.00. The largest absolute Gasteiger partial charge is 0.489 e. The monoisotopic (exact) mass is 352 g/mol. The van der Waals surface area contributed by atoms with Crippen LogP contribution in [0.25, 0.3) is 0 Å². The third-order valence-corrected chi connectivity index (χ3v) is 4.86. The van der Waals surface area contributed by atoms with E-state index in [0.717, 1.165) is 10.6 Å². The van der Waals surface area contributed by atoms with E-state index >= 15 is 0 Å². The molecule has 2 heterocycles. The minimum Gasteiger partial charge on any atom is -0.489 e. The number of nitrogens with zero attached hydrogens (tertiary/aromatic N) is 3. The van der Waals surface area contributed by atoms with Crippen LogP contribution in [0.1, 0.15) is 39.7 Å². The minimum absolute atomic E-state index is 0.195. The Hall–Kier alpha value is -2.80. The van der Waals surface area contributed by atoms with E-state index in [0.29, 0.717) is 29.0 Å². The number of hydrogen-bond acceptors (Lipinski definition) is 6. The van der Waals surface area contributed by atoms with Crippen LogP contribution in [0.2, 0.25) is 0 Å². The fourth-order valence-electron chi connectivity index (χ4n) is 2.30. The third-order valence-electron chi connectivity index (χ3n) is 3.86. The molecule has 1 amide bonds. The summed E-state index contributed by atoms with van der Waals surface area (Å²) < 4.78 is 5.70. The second-order valence-electron chi connectivity index (χ2n) is 5.84. The SMILES string of the molecule is O=C(Nc1nnc(C2CC2)s1)c1ccc(OCc2ccncc2)cc1. The molecule has 0 saturated heterocycles. The minimum atomic E-state index is -0.195. The molecule has 1 aliphatic rings. The number of ether oxygens (including phenoxy) is 1. The highest BCUT2D eigenvalue weighted by Crippen LogP contribution is 2.42. The van der Waals surface area contributed by atoms with E-state index in [9.17, 15) is 4.79 Å². The summed E-state index contributed by atoms with van der Waals surface area (Å²) in [5.74, 6) is 1.06. The molecule has 1 N–H and O–H groups in total. The molecule has 126 valence electrons. The van der Waals surface area contributed by atoms with Gasteiger partial charge in [-0.15, -0.1) is 10.2 Å². The summed E-state index contributed by atoms with van der Waals surface area (Å²) in [6.45, 7) is 0.461. The van der Waals surface area contributed by atoms with E-state index in [1.54, 1.807) is 36.7 Å². The molecule has 1 fully saturated rings. The maximum atomic E-state index is 12.3. The van der Waals surface area contributed by atoms with Gasteiger partial charge in [-0.05, 0) is 54.8 Å². The number of carbonyl (C=O) groups is 1. The number of pyridine rings is 1. The Morgan fingerprint density at radius 1 is 1.12 bits per heavy atom. The first kappa shape index (κ1) is 15.7. The van der Waals surface area contributed by atoms with Crippen molar-refractivity contribution in [1.82, 2.24) is 15.2 Å². The van der Waals surface area contributed by atoms with Gasteiger partial charge in [-0.25, -0.2) is 0 Å². The number of aromatic nitrogens is 3. The fraction of sp³-hybridized carbons (Fsp3) is 0.222. The Kier molecular flexibility index (Phi) is 4.39. The zero-order chi connectivity index (χ0) is 17.1. The van der Waals surface area contributed by atoms with Crippen LogP contribution in [-0.4, -0.2) is 21.1 Å². The van der Waals surface area contributed by atoms with Crippen molar-refractivity contribution in [2.45, 2.75) is 25.4 Å². The highest BCUT2D eigenvalue weighted by Gasteiger charge is 2.27. The van der Waals surface area contributed by atoms with Crippen LogP contribution < -0.4 is 10.1 Å². The number of hydrogen-bond donors (Lipinski definition) is 1. The lowest BCUT2D eigenvalue weighted by Crippen LogP contribution is -2.11. The fourth-order valence-corrected chi connectivity index (χ4v) is 3.21. The van der Waals surface area contributed by atoms with Gasteiger partial charge >= 0.3 is 0 Å². The molecule has 0 spiro atoms. The van der Waals surface area contributed by atoms with Crippen molar-refractivity contribution in [3.05, 3.63) is 64.9 Å². The Bertz CT molecular complexity index is 860. The van der Waals surface area contributed by atoms with E-state index in [1.807, 2.05) is 12.1 Å². The summed E-state index contributed by atoms with van der Waals surface area (Å²) in [6.07, 6.45) is 5.80. The Morgan fingerprint density at radius 2 is 1.88 bits per heavy atom. The first-order chi connectivity index (χ1) is 12.3. The molecule has 3 aromatic rings. The lowest BCUT2D eigenvalue weighted by atomic mass is 10.2. The topological polar surface area (TPSA) is 77.0 Å². The molecule has 2 aromatic heterocycles. The van der Waals surface area contributed by atoms with E-state index < -0.39 is 0 Å². The second-order valence-corrected chi connectivity index (χ2v) is 6.85. The van der Waals surface area contributed by atoms with Crippen molar-refractivity contribution in [1.29, 1.82) is 0 Å².